The first-order valence-electron chi connectivity index (χ1n) is 20.2. The van der Waals surface area contributed by atoms with E-state index in [0.717, 1.165) is 0 Å². The molecule has 0 bridgehead atoms. The number of nitrogens with one attached hydrogen (secondary N) is 1. The number of hydrogen-bond acceptors (Lipinski definition) is 2. The molecule has 57 heavy (non-hydrogen) atoms. The molecule has 0 radical (unpaired) electrons. The average molecular weight is 731 g/mol. The van der Waals surface area contributed by atoms with Gasteiger partial charge >= 0.3 is 6.85 Å². The highest BCUT2D eigenvalue weighted by Gasteiger charge is 2.49. The maximum absolute atomic E-state index is 4.16. The van der Waals surface area contributed by atoms with Crippen molar-refractivity contribution in [1.29, 1.82) is 0 Å². The normalized spacial score (nSPS) is 14.2. The summed E-state index contributed by atoms with van der Waals surface area (Å²) < 4.78 is 0. The van der Waals surface area contributed by atoms with E-state index in [0.29, 0.717) is 0 Å². The van der Waals surface area contributed by atoms with Gasteiger partial charge in [0.1, 0.15) is 0 Å². The molecule has 0 saturated heterocycles. The van der Waals surface area contributed by atoms with Crippen LogP contribution in [0.1, 0.15) is 49.9 Å². The fourth-order valence-corrected chi connectivity index (χ4v) is 10.3. The van der Waals surface area contributed by atoms with Crippen LogP contribution in [0.15, 0.2) is 182 Å². The molecule has 0 saturated carbocycles. The summed E-state index contributed by atoms with van der Waals surface area (Å²) in [5.41, 5.74) is 22.6. The lowest BCUT2D eigenvalue weighted by Crippen LogP contribution is -2.61. The van der Waals surface area contributed by atoms with Crippen LogP contribution in [0.4, 0.5) is 22.7 Å². The summed E-state index contributed by atoms with van der Waals surface area (Å²) in [6.07, 6.45) is 0. The van der Waals surface area contributed by atoms with Crippen molar-refractivity contribution >= 4 is 40.5 Å². The van der Waals surface area contributed by atoms with Crippen LogP contribution in [0.5, 0.6) is 0 Å². The smallest absolute Gasteiger partial charge is 0.333 e. The van der Waals surface area contributed by atoms with Gasteiger partial charge in [-0.05, 0) is 96.4 Å². The molecule has 11 rings (SSSR count). The van der Waals surface area contributed by atoms with Gasteiger partial charge in [0.05, 0.1) is 0 Å². The Morgan fingerprint density at radius 2 is 1.16 bits per heavy atom. The zero-order valence-corrected chi connectivity index (χ0v) is 32.8. The number of hydrogen-bond donors (Lipinski definition) is 1. The van der Waals surface area contributed by atoms with Gasteiger partial charge in [-0.25, -0.2) is 0 Å². The van der Waals surface area contributed by atoms with Crippen molar-refractivity contribution in [2.45, 2.75) is 38.5 Å². The van der Waals surface area contributed by atoms with Crippen molar-refractivity contribution in [2.75, 3.05) is 10.1 Å². The van der Waals surface area contributed by atoms with E-state index in [1.54, 1.807) is 0 Å². The van der Waals surface area contributed by atoms with Gasteiger partial charge < -0.3 is 10.1 Å². The third kappa shape index (κ3) is 4.98. The molecule has 0 fully saturated rings. The Morgan fingerprint density at radius 1 is 0.544 bits per heavy atom. The quantitative estimate of drug-likeness (QED) is 0.177. The molecular formula is C54H43BN2. The van der Waals surface area contributed by atoms with Gasteiger partial charge in [-0.15, -0.1) is 0 Å². The molecule has 0 spiro atoms. The fraction of sp³-hybridized carbons (Fsp3) is 0.111. The molecule has 3 heteroatoms. The van der Waals surface area contributed by atoms with E-state index in [1.807, 2.05) is 0 Å². The summed E-state index contributed by atoms with van der Waals surface area (Å²) in [7, 11) is 0. The predicted molar refractivity (Wildman–Crippen MR) is 242 cm³/mol. The Morgan fingerprint density at radius 3 is 1.88 bits per heavy atom. The first-order valence-corrected chi connectivity index (χ1v) is 20.2. The van der Waals surface area contributed by atoms with E-state index in [4.69, 9.17) is 0 Å². The lowest BCUT2D eigenvalue weighted by molar-refractivity contribution is 0.643. The lowest BCUT2D eigenvalue weighted by atomic mass is 9.42. The van der Waals surface area contributed by atoms with E-state index in [-0.39, 0.29) is 17.7 Å². The Bertz CT molecular complexity index is 2860. The summed E-state index contributed by atoms with van der Waals surface area (Å²) in [5.74, 6) is 0. The van der Waals surface area contributed by atoms with E-state index in [1.165, 1.54) is 100 Å². The van der Waals surface area contributed by atoms with Crippen LogP contribution >= 0.6 is 0 Å². The Kier molecular flexibility index (Phi) is 7.38. The van der Waals surface area contributed by atoms with Gasteiger partial charge in [0.2, 0.25) is 0 Å². The zero-order chi connectivity index (χ0) is 38.5. The standard InChI is InChI=1S/C54H43BN2/c1-53(2,39-21-12-7-13-22-39)45-25-16-26-46-52(45)56-47-34-43-41-23-14-15-24-44(41)54(3,4)50(43)49-42-32-29-38(36-19-10-6-11-20-36)33-48(42)57(55(46)51(47)49)40-30-27-37(28-31-40)35-17-8-5-9-18-35/h5-34,56H,1-4H3. The minimum absolute atomic E-state index is 0.0799. The molecule has 0 amide bonds. The van der Waals surface area contributed by atoms with Crippen molar-refractivity contribution in [2.24, 2.45) is 0 Å². The summed E-state index contributed by atoms with van der Waals surface area (Å²) in [4.78, 5) is 2.64. The molecule has 2 aliphatic heterocycles. The SMILES string of the molecule is CC(C)(c1ccccc1)c1cccc2c1Nc1cc3c(c4c1B2N(c1ccc(-c2ccccc2)cc1)c1cc(-c2ccccc2)ccc1-4)C(C)(C)c1ccccc1-3. The van der Waals surface area contributed by atoms with Crippen LogP contribution in [0.2, 0.25) is 0 Å². The van der Waals surface area contributed by atoms with Crippen LogP contribution in [0.3, 0.4) is 0 Å². The van der Waals surface area contributed by atoms with Gasteiger partial charge in [0.25, 0.3) is 0 Å². The summed E-state index contributed by atoms with van der Waals surface area (Å²) >= 11 is 0. The number of fused-ring (bicyclic) bond motifs is 8. The van der Waals surface area contributed by atoms with Crippen LogP contribution in [0.25, 0.3) is 44.5 Å². The van der Waals surface area contributed by atoms with Crippen LogP contribution < -0.4 is 21.1 Å². The van der Waals surface area contributed by atoms with Crippen molar-refractivity contribution in [1.82, 2.24) is 0 Å². The van der Waals surface area contributed by atoms with Gasteiger partial charge in [-0.2, -0.15) is 0 Å². The molecule has 2 nitrogen and oxygen atoms in total. The molecule has 2 heterocycles. The average Bonchev–Trinajstić information content (AvgIpc) is 3.49. The maximum atomic E-state index is 4.16. The lowest BCUT2D eigenvalue weighted by Gasteiger charge is -2.45. The number of anilines is 4. The molecule has 0 unspecified atom stereocenters. The number of benzene rings is 8. The number of para-hydroxylation sites is 1. The monoisotopic (exact) mass is 730 g/mol. The minimum atomic E-state index is -0.250. The van der Waals surface area contributed by atoms with Crippen LogP contribution in [-0.2, 0) is 10.8 Å². The molecule has 0 atom stereocenters. The van der Waals surface area contributed by atoms with Crippen molar-refractivity contribution in [3.8, 4) is 44.5 Å². The number of nitrogens with zero attached hydrogens (tertiary/aromatic N) is 1. The van der Waals surface area contributed by atoms with Gasteiger partial charge in [-0.3, -0.25) is 0 Å². The van der Waals surface area contributed by atoms with Gasteiger partial charge in [0.15, 0.2) is 0 Å². The molecule has 8 aromatic rings. The first kappa shape index (κ1) is 33.7. The second kappa shape index (κ2) is 12.5. The van der Waals surface area contributed by atoms with Gasteiger partial charge in [-0.1, -0.05) is 185 Å². The van der Waals surface area contributed by atoms with Crippen LogP contribution in [-0.4, -0.2) is 6.85 Å². The molecule has 0 aromatic heterocycles. The maximum Gasteiger partial charge on any atom is 0.333 e. The second-order valence-corrected chi connectivity index (χ2v) is 17.0. The third-order valence-electron chi connectivity index (χ3n) is 13.1. The predicted octanol–water partition coefficient (Wildman–Crippen LogP) is 12.6. The molecule has 1 aliphatic carbocycles. The second-order valence-electron chi connectivity index (χ2n) is 17.0. The highest BCUT2D eigenvalue weighted by molar-refractivity contribution is 6.93. The van der Waals surface area contributed by atoms with E-state index in [2.05, 4.69) is 220 Å². The van der Waals surface area contributed by atoms with E-state index < -0.39 is 0 Å². The largest absolute Gasteiger partial charge is 0.376 e. The summed E-state index contributed by atoms with van der Waals surface area (Å²) in [6.45, 7) is 9.50. The summed E-state index contributed by atoms with van der Waals surface area (Å²) in [5, 5.41) is 4.16. The van der Waals surface area contributed by atoms with Crippen molar-refractivity contribution in [3.63, 3.8) is 0 Å². The Labute approximate surface area is 336 Å². The molecule has 272 valence electrons. The fourth-order valence-electron chi connectivity index (χ4n) is 10.3. The third-order valence-corrected chi connectivity index (χ3v) is 13.1. The van der Waals surface area contributed by atoms with Crippen molar-refractivity contribution < 1.29 is 0 Å². The minimum Gasteiger partial charge on any atom is -0.376 e. The van der Waals surface area contributed by atoms with Crippen LogP contribution in [0, 0.1) is 0 Å². The van der Waals surface area contributed by atoms with Crippen molar-refractivity contribution in [3.05, 3.63) is 204 Å². The number of rotatable bonds is 5. The zero-order valence-electron chi connectivity index (χ0n) is 32.8. The molecule has 8 aromatic carbocycles. The van der Waals surface area contributed by atoms with E-state index >= 15 is 0 Å². The van der Waals surface area contributed by atoms with E-state index in [9.17, 15) is 0 Å². The highest BCUT2D eigenvalue weighted by Crippen LogP contribution is 2.56. The first-order chi connectivity index (χ1) is 27.8. The topological polar surface area (TPSA) is 15.3 Å². The summed E-state index contributed by atoms with van der Waals surface area (Å²) in [6, 6.07) is 67.5. The van der Waals surface area contributed by atoms with Gasteiger partial charge in [0, 0.05) is 39.1 Å². The Balaban J connectivity index is 1.23. The Hall–Kier alpha value is -6.58. The molecule has 3 aliphatic rings. The highest BCUT2D eigenvalue weighted by atomic mass is 15.1. The molecular weight excluding hydrogens is 687 g/mol. The molecule has 1 N–H and O–H groups in total.